The Morgan fingerprint density at radius 1 is 1.38 bits per heavy atom. The van der Waals surface area contributed by atoms with E-state index in [4.69, 9.17) is 9.84 Å². The fraction of sp³-hybridized carbons (Fsp3) is 0.333. The monoisotopic (exact) mass is 293 g/mol. The summed E-state index contributed by atoms with van der Waals surface area (Å²) in [6.45, 7) is 5.10. The summed E-state index contributed by atoms with van der Waals surface area (Å²) in [5.74, 6) is 3.18. The number of nitrogens with one attached hydrogen (secondary N) is 1. The minimum Gasteiger partial charge on any atom is -0.481 e. The summed E-state index contributed by atoms with van der Waals surface area (Å²) in [4.78, 5) is 21.8. The predicted octanol–water partition coefficient (Wildman–Crippen LogP) is 3.00. The molecule has 0 saturated heterocycles. The van der Waals surface area contributed by atoms with Gasteiger partial charge in [-0.25, -0.2) is 9.18 Å². The molecule has 2 N–H and O–H groups in total. The Hall–Kier alpha value is -2.55. The maximum Gasteiger partial charge on any atom is 0.412 e. The van der Waals surface area contributed by atoms with Gasteiger partial charge in [-0.05, 0) is 39.0 Å². The van der Waals surface area contributed by atoms with Gasteiger partial charge in [0.2, 0.25) is 0 Å². The van der Waals surface area contributed by atoms with Crippen LogP contribution in [0.5, 0.6) is 0 Å². The van der Waals surface area contributed by atoms with Gasteiger partial charge in [-0.3, -0.25) is 10.1 Å². The van der Waals surface area contributed by atoms with Crippen molar-refractivity contribution in [2.45, 2.75) is 32.8 Å². The lowest BCUT2D eigenvalue weighted by Gasteiger charge is -2.19. The summed E-state index contributed by atoms with van der Waals surface area (Å²) in [7, 11) is 0. The molecule has 1 rings (SSSR count). The molecule has 1 aromatic rings. The molecule has 0 aliphatic rings. The van der Waals surface area contributed by atoms with Crippen LogP contribution in [0.25, 0.3) is 0 Å². The second kappa shape index (κ2) is 6.75. The van der Waals surface area contributed by atoms with Crippen LogP contribution in [0.4, 0.5) is 14.9 Å². The van der Waals surface area contributed by atoms with E-state index in [2.05, 4.69) is 17.2 Å². The number of carbonyl (C=O) groups excluding carboxylic acids is 1. The van der Waals surface area contributed by atoms with E-state index in [-0.39, 0.29) is 12.1 Å². The number of ether oxygens (including phenoxy) is 1. The Kier molecular flexibility index (Phi) is 5.30. The SMILES string of the molecule is CC(C)(C)OC(=O)Nc1ccc(C#CCC(=O)O)cc1F. The van der Waals surface area contributed by atoms with Crippen molar-refractivity contribution in [1.82, 2.24) is 0 Å². The van der Waals surface area contributed by atoms with E-state index >= 15 is 0 Å². The lowest BCUT2D eigenvalue weighted by atomic mass is 10.2. The van der Waals surface area contributed by atoms with Gasteiger partial charge in [0, 0.05) is 5.56 Å². The summed E-state index contributed by atoms with van der Waals surface area (Å²) >= 11 is 0. The molecule has 5 nitrogen and oxygen atoms in total. The summed E-state index contributed by atoms with van der Waals surface area (Å²) in [6, 6.07) is 3.93. The average Bonchev–Trinajstić information content (AvgIpc) is 2.29. The first-order chi connectivity index (χ1) is 9.67. The summed E-state index contributed by atoms with van der Waals surface area (Å²) in [6.07, 6.45) is -1.08. The Morgan fingerprint density at radius 2 is 2.05 bits per heavy atom. The van der Waals surface area contributed by atoms with Crippen LogP contribution in [0.3, 0.4) is 0 Å². The molecule has 0 unspecified atom stereocenters. The van der Waals surface area contributed by atoms with Crippen LogP contribution in [0.2, 0.25) is 0 Å². The molecule has 0 atom stereocenters. The number of aliphatic carboxylic acids is 1. The number of carboxylic acid groups (broad SMARTS) is 1. The Morgan fingerprint density at radius 3 is 2.57 bits per heavy atom. The minimum absolute atomic E-state index is 0.0342. The molecule has 0 spiro atoms. The van der Waals surface area contributed by atoms with E-state index in [1.807, 2.05) is 0 Å². The van der Waals surface area contributed by atoms with E-state index in [1.54, 1.807) is 20.8 Å². The molecule has 21 heavy (non-hydrogen) atoms. The van der Waals surface area contributed by atoms with Crippen LogP contribution < -0.4 is 5.32 Å². The number of carbonyl (C=O) groups is 2. The third kappa shape index (κ3) is 6.43. The number of rotatable bonds is 2. The van der Waals surface area contributed by atoms with Crippen molar-refractivity contribution in [3.05, 3.63) is 29.6 Å². The van der Waals surface area contributed by atoms with Crippen molar-refractivity contribution in [1.29, 1.82) is 0 Å². The van der Waals surface area contributed by atoms with Gasteiger partial charge < -0.3 is 9.84 Å². The van der Waals surface area contributed by atoms with Crippen molar-refractivity contribution in [2.24, 2.45) is 0 Å². The third-order valence-corrected chi connectivity index (χ3v) is 2.08. The Balaban J connectivity index is 2.76. The van der Waals surface area contributed by atoms with Gasteiger partial charge in [0.1, 0.15) is 17.8 Å². The fourth-order valence-corrected chi connectivity index (χ4v) is 1.33. The molecule has 112 valence electrons. The molecule has 0 saturated carbocycles. The van der Waals surface area contributed by atoms with Crippen molar-refractivity contribution >= 4 is 17.7 Å². The molecule has 1 aromatic carbocycles. The number of hydrogen-bond acceptors (Lipinski definition) is 3. The fourth-order valence-electron chi connectivity index (χ4n) is 1.33. The van der Waals surface area contributed by atoms with Crippen LogP contribution in [0, 0.1) is 17.7 Å². The third-order valence-electron chi connectivity index (χ3n) is 2.08. The highest BCUT2D eigenvalue weighted by Crippen LogP contribution is 2.17. The van der Waals surface area contributed by atoms with Crippen LogP contribution >= 0.6 is 0 Å². The van der Waals surface area contributed by atoms with E-state index < -0.39 is 23.5 Å². The van der Waals surface area contributed by atoms with Crippen LogP contribution in [0.1, 0.15) is 32.8 Å². The van der Waals surface area contributed by atoms with Crippen molar-refractivity contribution in [3.8, 4) is 11.8 Å². The van der Waals surface area contributed by atoms with Gasteiger partial charge in [0.15, 0.2) is 0 Å². The Bertz CT molecular complexity index is 608. The van der Waals surface area contributed by atoms with E-state index in [9.17, 15) is 14.0 Å². The van der Waals surface area contributed by atoms with Crippen molar-refractivity contribution < 1.29 is 23.8 Å². The summed E-state index contributed by atoms with van der Waals surface area (Å²) in [5.41, 5.74) is -0.389. The largest absolute Gasteiger partial charge is 0.481 e. The van der Waals surface area contributed by atoms with Gasteiger partial charge in [0.25, 0.3) is 0 Å². The molecule has 0 radical (unpaired) electrons. The molecule has 0 heterocycles. The number of anilines is 1. The van der Waals surface area contributed by atoms with Crippen LogP contribution in [0.15, 0.2) is 18.2 Å². The molecular weight excluding hydrogens is 277 g/mol. The van der Waals surface area contributed by atoms with Crippen LogP contribution in [-0.4, -0.2) is 22.8 Å². The number of benzene rings is 1. The Labute approximate surface area is 122 Å². The average molecular weight is 293 g/mol. The highest BCUT2D eigenvalue weighted by atomic mass is 19.1. The first-order valence-corrected chi connectivity index (χ1v) is 6.17. The van der Waals surface area contributed by atoms with Crippen molar-refractivity contribution in [3.63, 3.8) is 0 Å². The molecule has 0 aromatic heterocycles. The highest BCUT2D eigenvalue weighted by molar-refractivity contribution is 5.85. The molecule has 0 fully saturated rings. The van der Waals surface area contributed by atoms with Gasteiger partial charge in [-0.1, -0.05) is 11.8 Å². The molecule has 6 heteroatoms. The maximum absolute atomic E-state index is 13.8. The summed E-state index contributed by atoms with van der Waals surface area (Å²) < 4.78 is 18.8. The smallest absolute Gasteiger partial charge is 0.412 e. The second-order valence-corrected chi connectivity index (χ2v) is 5.19. The molecule has 0 aliphatic carbocycles. The predicted molar refractivity (Wildman–Crippen MR) is 75.4 cm³/mol. The standard InChI is InChI=1S/C15H16FNO4/c1-15(2,3)21-14(20)17-12-8-7-10(9-11(12)16)5-4-6-13(18)19/h7-9H,6H2,1-3H3,(H,17,20)(H,18,19). The first kappa shape index (κ1) is 16.5. The van der Waals surface area contributed by atoms with Crippen molar-refractivity contribution in [2.75, 3.05) is 5.32 Å². The molecule has 1 amide bonds. The highest BCUT2D eigenvalue weighted by Gasteiger charge is 2.17. The zero-order valence-electron chi connectivity index (χ0n) is 12.0. The lowest BCUT2D eigenvalue weighted by Crippen LogP contribution is -2.27. The zero-order valence-corrected chi connectivity index (χ0v) is 12.0. The lowest BCUT2D eigenvalue weighted by molar-refractivity contribution is -0.135. The topological polar surface area (TPSA) is 75.6 Å². The molecule has 0 aliphatic heterocycles. The van der Waals surface area contributed by atoms with E-state index in [0.29, 0.717) is 5.56 Å². The zero-order chi connectivity index (χ0) is 16.0. The molecule has 0 bridgehead atoms. The number of hydrogen-bond donors (Lipinski definition) is 2. The van der Waals surface area contributed by atoms with Gasteiger partial charge in [0.05, 0.1) is 5.69 Å². The minimum atomic E-state index is -1.05. The number of halogens is 1. The van der Waals surface area contributed by atoms with Gasteiger partial charge in [-0.2, -0.15) is 0 Å². The number of amides is 1. The second-order valence-electron chi connectivity index (χ2n) is 5.19. The number of carboxylic acids is 1. The van der Waals surface area contributed by atoms with E-state index in [1.165, 1.54) is 12.1 Å². The normalized spacial score (nSPS) is 10.3. The quantitative estimate of drug-likeness (QED) is 0.822. The van der Waals surface area contributed by atoms with Gasteiger partial charge >= 0.3 is 12.1 Å². The maximum atomic E-state index is 13.8. The van der Waals surface area contributed by atoms with Crippen LogP contribution in [-0.2, 0) is 9.53 Å². The molecular formula is C15H16FNO4. The van der Waals surface area contributed by atoms with Gasteiger partial charge in [-0.15, -0.1) is 0 Å². The first-order valence-electron chi connectivity index (χ1n) is 6.17. The van der Waals surface area contributed by atoms with E-state index in [0.717, 1.165) is 6.07 Å². The summed E-state index contributed by atoms with van der Waals surface area (Å²) in [5, 5.41) is 10.7.